The molecule has 0 radical (unpaired) electrons. The minimum absolute atomic E-state index is 0.101. The Hall–Kier alpha value is -2.43. The summed E-state index contributed by atoms with van der Waals surface area (Å²) in [5.41, 5.74) is -2.36. The lowest BCUT2D eigenvalue weighted by Gasteiger charge is -2.26. The van der Waals surface area contributed by atoms with E-state index in [9.17, 15) is 37.6 Å². The molecule has 1 N–H and O–H groups in total. The molecule has 1 aliphatic rings. The van der Waals surface area contributed by atoms with Gasteiger partial charge in [-0.25, -0.2) is 4.39 Å². The van der Waals surface area contributed by atoms with Crippen LogP contribution in [0.25, 0.3) is 0 Å². The van der Waals surface area contributed by atoms with Gasteiger partial charge in [0.25, 0.3) is 5.91 Å². The quantitative estimate of drug-likeness (QED) is 0.465. The largest absolute Gasteiger partial charge is 0.477 e. The van der Waals surface area contributed by atoms with Crippen LogP contribution < -0.4 is 4.74 Å². The van der Waals surface area contributed by atoms with Gasteiger partial charge in [-0.15, -0.1) is 0 Å². The van der Waals surface area contributed by atoms with E-state index in [1.807, 2.05) is 0 Å². The fraction of sp³-hybridized carbons (Fsp3) is 0.533. The average Bonchev–Trinajstić information content (AvgIpc) is 2.78. The molecule has 1 atom stereocenters. The van der Waals surface area contributed by atoms with Crippen molar-refractivity contribution in [2.75, 3.05) is 13.2 Å². The third kappa shape index (κ3) is 4.40. The maximum Gasteiger partial charge on any atom is 0.422 e. The number of fused-ring (bicyclic) bond motifs is 1. The van der Waals surface area contributed by atoms with Crippen LogP contribution in [0.3, 0.4) is 0 Å². The number of nitro benzene ring substituents is 1. The molecule has 0 saturated heterocycles. The summed E-state index contributed by atoms with van der Waals surface area (Å²) in [5.74, 6) is -1.40. The van der Waals surface area contributed by atoms with Gasteiger partial charge in [-0.3, -0.25) is 14.9 Å². The van der Waals surface area contributed by atoms with E-state index in [1.165, 1.54) is 13.8 Å². The summed E-state index contributed by atoms with van der Waals surface area (Å²) in [6, 6.07) is 1.80. The van der Waals surface area contributed by atoms with E-state index in [2.05, 4.69) is 4.74 Å². The number of alkyl halides is 4. The zero-order chi connectivity index (χ0) is 19.9. The molecular weight excluding hydrogens is 364 g/mol. The van der Waals surface area contributed by atoms with E-state index in [0.717, 1.165) is 17.0 Å². The molecule has 0 fully saturated rings. The van der Waals surface area contributed by atoms with Crippen LogP contribution in [-0.2, 0) is 6.54 Å². The van der Waals surface area contributed by atoms with Gasteiger partial charge in [0, 0.05) is 24.2 Å². The summed E-state index contributed by atoms with van der Waals surface area (Å²) in [7, 11) is 0. The molecule has 0 aliphatic carbocycles. The smallest absolute Gasteiger partial charge is 0.422 e. The van der Waals surface area contributed by atoms with Gasteiger partial charge >= 0.3 is 11.9 Å². The van der Waals surface area contributed by atoms with Crippen LogP contribution in [0.1, 0.15) is 29.8 Å². The summed E-state index contributed by atoms with van der Waals surface area (Å²) in [6.45, 7) is 0.0585. The first-order valence-corrected chi connectivity index (χ1v) is 7.46. The minimum atomic E-state index is -4.71. The second-order valence-electron chi connectivity index (χ2n) is 6.44. The van der Waals surface area contributed by atoms with Crippen molar-refractivity contribution >= 4 is 11.6 Å². The normalized spacial score (nSPS) is 15.8. The maximum absolute atomic E-state index is 14.0. The van der Waals surface area contributed by atoms with Crippen molar-refractivity contribution in [3.63, 3.8) is 0 Å². The number of rotatable bonds is 6. The van der Waals surface area contributed by atoms with Crippen LogP contribution in [0, 0.1) is 10.1 Å². The molecule has 2 rings (SSSR count). The van der Waals surface area contributed by atoms with Crippen molar-refractivity contribution in [1.29, 1.82) is 0 Å². The van der Waals surface area contributed by atoms with Crippen molar-refractivity contribution < 1.29 is 37.1 Å². The lowest BCUT2D eigenvalue weighted by atomic mass is 10.0. The first kappa shape index (κ1) is 19.9. The standard InChI is InChI=1S/C15H16F4N2O5/c1-14(2,23)12(16)6-20-5-8-3-10(21(24)25)11(4-9(8)13(20)22)26-7-15(17,18)19/h3-4,12,23H,5-7H2,1-2H3/t12-/m1/s1. The van der Waals surface area contributed by atoms with Crippen molar-refractivity contribution in [3.8, 4) is 5.75 Å². The maximum atomic E-state index is 14.0. The van der Waals surface area contributed by atoms with Crippen molar-refractivity contribution in [1.82, 2.24) is 4.90 Å². The number of carbonyl (C=O) groups excluding carboxylic acids is 1. The summed E-state index contributed by atoms with van der Waals surface area (Å²) in [6.07, 6.45) is -6.49. The monoisotopic (exact) mass is 380 g/mol. The molecule has 0 unspecified atom stereocenters. The van der Waals surface area contributed by atoms with Gasteiger partial charge in [0.1, 0.15) is 6.17 Å². The number of ether oxygens (including phenoxy) is 1. The number of hydrogen-bond donors (Lipinski definition) is 1. The summed E-state index contributed by atoms with van der Waals surface area (Å²) >= 11 is 0. The molecule has 1 aromatic rings. The molecule has 1 aliphatic heterocycles. The number of nitrogens with zero attached hydrogens (tertiary/aromatic N) is 2. The Bertz CT molecular complexity index is 730. The summed E-state index contributed by atoms with van der Waals surface area (Å²) in [5, 5.41) is 20.7. The van der Waals surface area contributed by atoms with Crippen LogP contribution >= 0.6 is 0 Å². The number of benzene rings is 1. The number of amides is 1. The number of carbonyl (C=O) groups is 1. The van der Waals surface area contributed by atoms with Gasteiger partial charge in [-0.05, 0) is 19.4 Å². The molecule has 0 saturated carbocycles. The molecule has 1 amide bonds. The van der Waals surface area contributed by atoms with Crippen LogP contribution in [0.2, 0.25) is 0 Å². The fourth-order valence-corrected chi connectivity index (χ4v) is 2.37. The number of halogens is 4. The Morgan fingerprint density at radius 1 is 1.38 bits per heavy atom. The topological polar surface area (TPSA) is 92.9 Å². The zero-order valence-corrected chi connectivity index (χ0v) is 13.8. The van der Waals surface area contributed by atoms with Gasteiger partial charge in [0.2, 0.25) is 0 Å². The molecule has 26 heavy (non-hydrogen) atoms. The summed E-state index contributed by atoms with van der Waals surface area (Å²) < 4.78 is 55.4. The number of nitro groups is 1. The predicted molar refractivity (Wildman–Crippen MR) is 80.6 cm³/mol. The van der Waals surface area contributed by atoms with Crippen LogP contribution in [-0.4, -0.2) is 51.9 Å². The number of aliphatic hydroxyl groups is 1. The first-order valence-electron chi connectivity index (χ1n) is 7.46. The van der Waals surface area contributed by atoms with Gasteiger partial charge in [-0.2, -0.15) is 13.2 Å². The van der Waals surface area contributed by atoms with Crippen molar-refractivity contribution in [3.05, 3.63) is 33.4 Å². The lowest BCUT2D eigenvalue weighted by Crippen LogP contribution is -2.42. The Balaban J connectivity index is 2.30. The van der Waals surface area contributed by atoms with E-state index in [4.69, 9.17) is 0 Å². The highest BCUT2D eigenvalue weighted by molar-refractivity contribution is 5.99. The fourth-order valence-electron chi connectivity index (χ4n) is 2.37. The van der Waals surface area contributed by atoms with Crippen LogP contribution in [0.5, 0.6) is 5.75 Å². The average molecular weight is 380 g/mol. The number of hydrogen-bond acceptors (Lipinski definition) is 5. The lowest BCUT2D eigenvalue weighted by molar-refractivity contribution is -0.386. The van der Waals surface area contributed by atoms with E-state index >= 15 is 0 Å². The molecule has 0 bridgehead atoms. The van der Waals surface area contributed by atoms with Crippen LogP contribution in [0.4, 0.5) is 23.2 Å². The third-order valence-corrected chi connectivity index (χ3v) is 3.80. The molecule has 0 spiro atoms. The van der Waals surface area contributed by atoms with Crippen molar-refractivity contribution in [2.24, 2.45) is 0 Å². The Morgan fingerprint density at radius 3 is 2.50 bits per heavy atom. The summed E-state index contributed by atoms with van der Waals surface area (Å²) in [4.78, 5) is 23.5. The SMILES string of the molecule is CC(C)(O)[C@H](F)CN1Cc2cc([N+](=O)[O-])c(OCC(F)(F)F)cc2C1=O. The van der Waals surface area contributed by atoms with Gasteiger partial charge in [-0.1, -0.05) is 0 Å². The molecule has 7 nitrogen and oxygen atoms in total. The highest BCUT2D eigenvalue weighted by Crippen LogP contribution is 2.36. The van der Waals surface area contributed by atoms with E-state index < -0.39 is 53.4 Å². The van der Waals surface area contributed by atoms with E-state index in [1.54, 1.807) is 0 Å². The predicted octanol–water partition coefficient (Wildman–Crippen LogP) is 2.60. The molecule has 1 aromatic carbocycles. The Morgan fingerprint density at radius 2 is 2.00 bits per heavy atom. The van der Waals surface area contributed by atoms with Gasteiger partial charge < -0.3 is 14.7 Å². The molecule has 144 valence electrons. The first-order chi connectivity index (χ1) is 11.8. The van der Waals surface area contributed by atoms with Gasteiger partial charge in [0.15, 0.2) is 12.4 Å². The molecule has 1 heterocycles. The van der Waals surface area contributed by atoms with Gasteiger partial charge in [0.05, 0.1) is 17.1 Å². The highest BCUT2D eigenvalue weighted by atomic mass is 19.4. The molecule has 0 aromatic heterocycles. The minimum Gasteiger partial charge on any atom is -0.477 e. The molecular formula is C15H16F4N2O5. The second kappa shape index (κ2) is 6.71. The third-order valence-electron chi connectivity index (χ3n) is 3.80. The van der Waals surface area contributed by atoms with Crippen LogP contribution in [0.15, 0.2) is 12.1 Å². The Labute approximate surface area is 145 Å². The van der Waals surface area contributed by atoms with E-state index in [-0.39, 0.29) is 17.7 Å². The molecule has 11 heteroatoms. The van der Waals surface area contributed by atoms with E-state index in [0.29, 0.717) is 0 Å². The Kier molecular flexibility index (Phi) is 5.13. The highest BCUT2D eigenvalue weighted by Gasteiger charge is 2.37. The zero-order valence-electron chi connectivity index (χ0n) is 13.8. The van der Waals surface area contributed by atoms with Crippen molar-refractivity contribution in [2.45, 2.75) is 38.3 Å². The second-order valence-corrected chi connectivity index (χ2v) is 6.44.